The Kier molecular flexibility index (Phi) is 11.7. The molecule has 4 amide bonds. The number of halogens is 4. The molecule has 1 aliphatic rings. The van der Waals surface area contributed by atoms with Crippen molar-refractivity contribution in [3.63, 3.8) is 0 Å². The van der Waals surface area contributed by atoms with Gasteiger partial charge in [-0.25, -0.2) is 9.59 Å². The molecule has 1 fully saturated rings. The fourth-order valence-electron chi connectivity index (χ4n) is 5.07. The van der Waals surface area contributed by atoms with E-state index in [1.54, 1.807) is 66.5 Å². The Hall–Kier alpha value is -3.12. The van der Waals surface area contributed by atoms with Crippen LogP contribution in [0.3, 0.4) is 0 Å². The van der Waals surface area contributed by atoms with Crippen LogP contribution in [0.2, 0.25) is 10.0 Å². The quantitative estimate of drug-likeness (QED) is 0.176. The van der Waals surface area contributed by atoms with E-state index in [0.29, 0.717) is 20.2 Å². The molecule has 1 aliphatic carbocycles. The van der Waals surface area contributed by atoms with E-state index in [0.717, 1.165) is 32.1 Å². The van der Waals surface area contributed by atoms with Crippen molar-refractivity contribution in [3.05, 3.63) is 90.3 Å². The summed E-state index contributed by atoms with van der Waals surface area (Å²) in [4.78, 5) is 53.0. The molecule has 0 aromatic heterocycles. The summed E-state index contributed by atoms with van der Waals surface area (Å²) < 4.78 is 1.11. The summed E-state index contributed by atoms with van der Waals surface area (Å²) in [7, 11) is 1.76. The van der Waals surface area contributed by atoms with Gasteiger partial charge in [-0.2, -0.15) is 0 Å². The molecule has 4 rings (SSSR count). The lowest BCUT2D eigenvalue weighted by Crippen LogP contribution is -2.44. The van der Waals surface area contributed by atoms with Crippen LogP contribution >= 0.6 is 55.1 Å². The third kappa shape index (κ3) is 8.53. The van der Waals surface area contributed by atoms with Gasteiger partial charge in [0.1, 0.15) is 6.04 Å². The van der Waals surface area contributed by atoms with Crippen molar-refractivity contribution in [1.29, 1.82) is 0 Å². The van der Waals surface area contributed by atoms with Crippen LogP contribution in [0, 0.1) is 0 Å². The number of rotatable bonds is 9. The summed E-state index contributed by atoms with van der Waals surface area (Å²) in [6.07, 6.45) is 5.07. The number of carbonyl (C=O) groups excluding carboxylic acids is 3. The summed E-state index contributed by atoms with van der Waals surface area (Å²) in [6, 6.07) is 12.6. The maximum absolute atomic E-state index is 13.5. The summed E-state index contributed by atoms with van der Waals surface area (Å²) in [5.41, 5.74) is 1.70. The van der Waals surface area contributed by atoms with Crippen molar-refractivity contribution < 1.29 is 24.3 Å². The molecule has 1 atom stereocenters. The van der Waals surface area contributed by atoms with Crippen LogP contribution in [0.1, 0.15) is 58.4 Å². The van der Waals surface area contributed by atoms with Gasteiger partial charge in [-0.15, -0.1) is 0 Å². The Morgan fingerprint density at radius 1 is 0.955 bits per heavy atom. The molecular formula is C31H30Br2Cl2N4O5. The topological polar surface area (TPSA) is 128 Å². The number of hydrogen-bond donors (Lipinski definition) is 4. The van der Waals surface area contributed by atoms with Crippen molar-refractivity contribution in [1.82, 2.24) is 10.2 Å². The van der Waals surface area contributed by atoms with E-state index in [1.807, 2.05) is 0 Å². The van der Waals surface area contributed by atoms with Crippen molar-refractivity contribution in [2.75, 3.05) is 17.7 Å². The van der Waals surface area contributed by atoms with E-state index >= 15 is 0 Å². The van der Waals surface area contributed by atoms with Crippen LogP contribution in [0.4, 0.5) is 16.2 Å². The zero-order chi connectivity index (χ0) is 32.0. The van der Waals surface area contributed by atoms with E-state index in [1.165, 1.54) is 0 Å². The summed E-state index contributed by atoms with van der Waals surface area (Å²) in [6.45, 7) is 0. The number of anilines is 2. The standard InChI is InChI=1S/C31H30Br2Cl2N4O5/c1-39(20-6-3-2-4-7-20)29(41)21-15-18(32)16-22(33)27(21)38-31(44)37-25(30(42)43)14-17-10-12-19(13-11-17)36-28(40)26-23(34)8-5-9-24(26)35/h5,8-13,15-16,20,25H,2-4,6-7,14H2,1H3,(H,36,40)(H,42,43)(H2,37,38,44)/t25-/m0/s1. The molecule has 3 aromatic carbocycles. The van der Waals surface area contributed by atoms with Gasteiger partial charge in [-0.3, -0.25) is 9.59 Å². The van der Waals surface area contributed by atoms with Crippen molar-refractivity contribution in [2.45, 2.75) is 50.6 Å². The van der Waals surface area contributed by atoms with Gasteiger partial charge >= 0.3 is 12.0 Å². The lowest BCUT2D eigenvalue weighted by Gasteiger charge is -2.32. The van der Waals surface area contributed by atoms with E-state index in [-0.39, 0.29) is 45.2 Å². The average molecular weight is 769 g/mol. The Morgan fingerprint density at radius 3 is 2.20 bits per heavy atom. The molecule has 1 saturated carbocycles. The minimum absolute atomic E-state index is 0.0367. The van der Waals surface area contributed by atoms with Crippen molar-refractivity contribution in [3.8, 4) is 0 Å². The minimum Gasteiger partial charge on any atom is -0.480 e. The molecule has 0 saturated heterocycles. The highest BCUT2D eigenvalue weighted by Crippen LogP contribution is 2.33. The van der Waals surface area contributed by atoms with E-state index < -0.39 is 23.9 Å². The van der Waals surface area contributed by atoms with Gasteiger partial charge in [0.05, 0.1) is 26.9 Å². The Bertz CT molecular complexity index is 1550. The normalized spacial score (nSPS) is 13.9. The Morgan fingerprint density at radius 2 is 1.59 bits per heavy atom. The maximum Gasteiger partial charge on any atom is 0.326 e. The number of carboxylic acid groups (broad SMARTS) is 1. The number of carboxylic acids is 1. The van der Waals surface area contributed by atoms with Crippen molar-refractivity contribution in [2.24, 2.45) is 0 Å². The first kappa shape index (κ1) is 33.8. The SMILES string of the molecule is CN(C(=O)c1cc(Br)cc(Br)c1NC(=O)N[C@@H](Cc1ccc(NC(=O)c2c(Cl)cccc2Cl)cc1)C(=O)O)C1CCCCC1. The molecule has 0 spiro atoms. The average Bonchev–Trinajstić information content (AvgIpc) is 2.98. The zero-order valence-corrected chi connectivity index (χ0v) is 28.3. The summed E-state index contributed by atoms with van der Waals surface area (Å²) in [5.74, 6) is -1.97. The van der Waals surface area contributed by atoms with Gasteiger partial charge < -0.3 is 26.0 Å². The molecule has 4 N–H and O–H groups in total. The second-order valence-corrected chi connectivity index (χ2v) is 13.0. The van der Waals surface area contributed by atoms with Gasteiger partial charge in [0, 0.05) is 34.1 Å². The Labute approximate surface area is 281 Å². The highest BCUT2D eigenvalue weighted by molar-refractivity contribution is 9.11. The third-order valence-corrected chi connectivity index (χ3v) is 9.12. The van der Waals surface area contributed by atoms with Gasteiger partial charge in [-0.05, 0) is 70.7 Å². The van der Waals surface area contributed by atoms with Gasteiger partial charge in [-0.1, -0.05) is 76.6 Å². The zero-order valence-electron chi connectivity index (χ0n) is 23.6. The van der Waals surface area contributed by atoms with Gasteiger partial charge in [0.2, 0.25) is 0 Å². The van der Waals surface area contributed by atoms with Crippen LogP contribution in [0.15, 0.2) is 63.5 Å². The second kappa shape index (κ2) is 15.2. The first-order valence-electron chi connectivity index (χ1n) is 13.9. The van der Waals surface area contributed by atoms with Crippen molar-refractivity contribution >= 4 is 90.3 Å². The number of nitrogens with one attached hydrogen (secondary N) is 3. The summed E-state index contributed by atoms with van der Waals surface area (Å²) in [5, 5.41) is 18.1. The molecule has 44 heavy (non-hydrogen) atoms. The highest BCUT2D eigenvalue weighted by Gasteiger charge is 2.27. The van der Waals surface area contributed by atoms with Crippen LogP contribution in [0.5, 0.6) is 0 Å². The lowest BCUT2D eigenvalue weighted by molar-refractivity contribution is -0.139. The molecule has 13 heteroatoms. The molecule has 0 bridgehead atoms. The smallest absolute Gasteiger partial charge is 0.326 e. The minimum atomic E-state index is -1.28. The number of nitrogens with zero attached hydrogens (tertiary/aromatic N) is 1. The molecule has 9 nitrogen and oxygen atoms in total. The monoisotopic (exact) mass is 766 g/mol. The molecule has 0 radical (unpaired) electrons. The van der Waals surface area contributed by atoms with Crippen LogP contribution in [-0.2, 0) is 11.2 Å². The first-order valence-corrected chi connectivity index (χ1v) is 16.2. The maximum atomic E-state index is 13.5. The van der Waals surface area contributed by atoms with E-state index in [2.05, 4.69) is 47.8 Å². The van der Waals surface area contributed by atoms with E-state index in [4.69, 9.17) is 23.2 Å². The predicted molar refractivity (Wildman–Crippen MR) is 179 cm³/mol. The van der Waals surface area contributed by atoms with E-state index in [9.17, 15) is 24.3 Å². The number of carbonyl (C=O) groups is 4. The number of aliphatic carboxylic acids is 1. The molecule has 0 unspecified atom stereocenters. The number of amides is 4. The summed E-state index contributed by atoms with van der Waals surface area (Å²) >= 11 is 19.1. The molecule has 0 heterocycles. The van der Waals surface area contributed by atoms with Crippen LogP contribution < -0.4 is 16.0 Å². The van der Waals surface area contributed by atoms with Gasteiger partial charge in [0.25, 0.3) is 11.8 Å². The molecule has 0 aliphatic heterocycles. The first-order chi connectivity index (χ1) is 20.9. The third-order valence-electron chi connectivity index (χ3n) is 7.41. The fraction of sp³-hybridized carbons (Fsp3) is 0.290. The number of benzene rings is 3. The molecule has 232 valence electrons. The largest absolute Gasteiger partial charge is 0.480 e. The number of hydrogen-bond acceptors (Lipinski definition) is 4. The predicted octanol–water partition coefficient (Wildman–Crippen LogP) is 7.99. The number of urea groups is 1. The fourth-order valence-corrected chi connectivity index (χ4v) is 6.96. The molecular weight excluding hydrogens is 739 g/mol. The molecule has 3 aromatic rings. The Balaban J connectivity index is 1.43. The van der Waals surface area contributed by atoms with Crippen LogP contribution in [-0.4, -0.2) is 53.0 Å². The van der Waals surface area contributed by atoms with Crippen LogP contribution in [0.25, 0.3) is 0 Å². The second-order valence-electron chi connectivity index (χ2n) is 10.5. The highest BCUT2D eigenvalue weighted by atomic mass is 79.9. The lowest BCUT2D eigenvalue weighted by atomic mass is 9.94. The van der Waals surface area contributed by atoms with Gasteiger partial charge in [0.15, 0.2) is 0 Å².